The molecule has 2 aromatic carbocycles. The van der Waals surface area contributed by atoms with Crippen LogP contribution in [0.2, 0.25) is 5.02 Å². The van der Waals surface area contributed by atoms with Crippen molar-refractivity contribution in [1.29, 1.82) is 0 Å². The van der Waals surface area contributed by atoms with Gasteiger partial charge in [0.05, 0.1) is 26.2 Å². The largest absolute Gasteiger partial charge is 0.490 e. The summed E-state index contributed by atoms with van der Waals surface area (Å²) in [6.45, 7) is 9.09. The van der Waals surface area contributed by atoms with Gasteiger partial charge in [-0.2, -0.15) is 0 Å². The van der Waals surface area contributed by atoms with E-state index in [1.807, 2.05) is 50.2 Å². The number of aliphatic hydroxyl groups excluding tert-OH is 1. The third kappa shape index (κ3) is 4.91. The van der Waals surface area contributed by atoms with Crippen molar-refractivity contribution in [3.8, 4) is 5.75 Å². The molecular weight excluding hydrogens is 348 g/mol. The molecule has 3 rings (SSSR count). The molecule has 0 spiro atoms. The van der Waals surface area contributed by atoms with Gasteiger partial charge in [-0.1, -0.05) is 35.9 Å². The molecule has 0 aliphatic carbocycles. The molecule has 1 saturated heterocycles. The van der Waals surface area contributed by atoms with E-state index in [0.717, 1.165) is 48.1 Å². The van der Waals surface area contributed by atoms with Gasteiger partial charge in [-0.3, -0.25) is 0 Å². The number of rotatable bonds is 6. The molecule has 0 bridgehead atoms. The van der Waals surface area contributed by atoms with Crippen LogP contribution in [-0.2, 0) is 0 Å². The number of quaternary nitrogens is 1. The van der Waals surface area contributed by atoms with Crippen LogP contribution in [0.15, 0.2) is 42.5 Å². The Bertz CT molecular complexity index is 709. The summed E-state index contributed by atoms with van der Waals surface area (Å²) in [5, 5.41) is 11.2. The molecule has 0 radical (unpaired) electrons. The molecule has 0 amide bonds. The second-order valence-electron chi connectivity index (χ2n) is 7.11. The molecular formula is C21H28ClN2O2+. The van der Waals surface area contributed by atoms with Gasteiger partial charge in [0.15, 0.2) is 0 Å². The van der Waals surface area contributed by atoms with E-state index in [0.29, 0.717) is 13.2 Å². The van der Waals surface area contributed by atoms with Crippen molar-refractivity contribution in [3.63, 3.8) is 0 Å². The molecule has 2 aromatic rings. The lowest BCUT2D eigenvalue weighted by molar-refractivity contribution is -0.903. The van der Waals surface area contributed by atoms with E-state index in [1.165, 1.54) is 10.6 Å². The van der Waals surface area contributed by atoms with Crippen LogP contribution in [0.4, 0.5) is 5.69 Å². The highest BCUT2D eigenvalue weighted by molar-refractivity contribution is 6.30. The summed E-state index contributed by atoms with van der Waals surface area (Å²) in [4.78, 5) is 3.77. The second-order valence-corrected chi connectivity index (χ2v) is 7.54. The van der Waals surface area contributed by atoms with Crippen LogP contribution < -0.4 is 14.5 Å². The molecule has 4 nitrogen and oxygen atoms in total. The molecule has 1 aliphatic heterocycles. The predicted molar refractivity (Wildman–Crippen MR) is 107 cm³/mol. The van der Waals surface area contributed by atoms with Crippen LogP contribution in [0.5, 0.6) is 5.75 Å². The minimum atomic E-state index is -0.457. The smallest absolute Gasteiger partial charge is 0.137 e. The normalized spacial score (nSPS) is 16.5. The van der Waals surface area contributed by atoms with E-state index < -0.39 is 6.10 Å². The molecule has 5 heteroatoms. The predicted octanol–water partition coefficient (Wildman–Crippen LogP) is 2.10. The highest BCUT2D eigenvalue weighted by Gasteiger charge is 2.23. The lowest BCUT2D eigenvalue weighted by Crippen LogP contribution is -3.16. The first-order chi connectivity index (χ1) is 12.5. The fourth-order valence-corrected chi connectivity index (χ4v) is 3.74. The first-order valence-electron chi connectivity index (χ1n) is 9.24. The molecule has 0 saturated carbocycles. The van der Waals surface area contributed by atoms with Gasteiger partial charge in [0.25, 0.3) is 0 Å². The number of nitrogens with zero attached hydrogens (tertiary/aromatic N) is 1. The molecule has 2 N–H and O–H groups in total. The average molecular weight is 376 g/mol. The van der Waals surface area contributed by atoms with Crippen molar-refractivity contribution in [2.75, 3.05) is 44.2 Å². The fourth-order valence-electron chi connectivity index (χ4n) is 3.56. The van der Waals surface area contributed by atoms with Crippen LogP contribution >= 0.6 is 11.6 Å². The molecule has 1 atom stereocenters. The van der Waals surface area contributed by atoms with Gasteiger partial charge < -0.3 is 19.6 Å². The molecule has 1 fully saturated rings. The number of anilines is 1. The minimum Gasteiger partial charge on any atom is -0.490 e. The number of nitrogens with one attached hydrogen (secondary N) is 1. The zero-order chi connectivity index (χ0) is 18.5. The SMILES string of the molecule is Cc1cccc(C)c1OC[C@@H](O)C[NH+]1CCN(c2cccc(Cl)c2)CC1. The number of benzene rings is 2. The van der Waals surface area contributed by atoms with E-state index in [2.05, 4.69) is 11.0 Å². The van der Waals surface area contributed by atoms with Gasteiger partial charge in [0.2, 0.25) is 0 Å². The first kappa shape index (κ1) is 19.0. The van der Waals surface area contributed by atoms with Crippen molar-refractivity contribution in [3.05, 3.63) is 58.6 Å². The maximum atomic E-state index is 10.4. The molecule has 1 aliphatic rings. The van der Waals surface area contributed by atoms with Crippen LogP contribution in [0.1, 0.15) is 11.1 Å². The zero-order valence-electron chi connectivity index (χ0n) is 15.5. The minimum absolute atomic E-state index is 0.340. The third-order valence-corrected chi connectivity index (χ3v) is 5.23. The maximum absolute atomic E-state index is 10.4. The van der Waals surface area contributed by atoms with Gasteiger partial charge in [-0.05, 0) is 43.2 Å². The van der Waals surface area contributed by atoms with Gasteiger partial charge in [-0.25, -0.2) is 0 Å². The molecule has 0 unspecified atom stereocenters. The fraction of sp³-hybridized carbons (Fsp3) is 0.429. The monoisotopic (exact) mass is 375 g/mol. The van der Waals surface area contributed by atoms with E-state index in [-0.39, 0.29) is 0 Å². The van der Waals surface area contributed by atoms with Gasteiger partial charge in [-0.15, -0.1) is 0 Å². The number of hydrogen-bond acceptors (Lipinski definition) is 3. The Kier molecular flexibility index (Phi) is 6.41. The van der Waals surface area contributed by atoms with Gasteiger partial charge in [0.1, 0.15) is 25.0 Å². The highest BCUT2D eigenvalue weighted by atomic mass is 35.5. The highest BCUT2D eigenvalue weighted by Crippen LogP contribution is 2.22. The van der Waals surface area contributed by atoms with Crippen LogP contribution in [0.3, 0.4) is 0 Å². The summed E-state index contributed by atoms with van der Waals surface area (Å²) < 4.78 is 5.89. The number of piperazine rings is 1. The van der Waals surface area contributed by atoms with Crippen LogP contribution in [0, 0.1) is 13.8 Å². The maximum Gasteiger partial charge on any atom is 0.137 e. The summed E-state index contributed by atoms with van der Waals surface area (Å²) in [6, 6.07) is 14.1. The summed E-state index contributed by atoms with van der Waals surface area (Å²) >= 11 is 6.09. The summed E-state index contributed by atoms with van der Waals surface area (Å²) in [7, 11) is 0. The molecule has 26 heavy (non-hydrogen) atoms. The standard InChI is InChI=1S/C21H27ClN2O2/c1-16-5-3-6-17(2)21(16)26-15-20(25)14-23-9-11-24(12-10-23)19-8-4-7-18(22)13-19/h3-8,13,20,25H,9-12,14-15H2,1-2H3/p+1/t20-/m0/s1. The van der Waals surface area contributed by atoms with E-state index >= 15 is 0 Å². The Hall–Kier alpha value is -1.75. The van der Waals surface area contributed by atoms with E-state index in [9.17, 15) is 5.11 Å². The molecule has 0 aromatic heterocycles. The Labute approximate surface area is 160 Å². The van der Waals surface area contributed by atoms with Crippen LogP contribution in [-0.4, -0.2) is 50.5 Å². The van der Waals surface area contributed by atoms with Gasteiger partial charge in [0, 0.05) is 10.7 Å². The van der Waals surface area contributed by atoms with Crippen molar-refractivity contribution in [2.45, 2.75) is 20.0 Å². The molecule has 1 heterocycles. The number of halogens is 1. The lowest BCUT2D eigenvalue weighted by atomic mass is 10.1. The number of aryl methyl sites for hydroxylation is 2. The van der Waals surface area contributed by atoms with E-state index in [4.69, 9.17) is 16.3 Å². The number of hydrogen-bond donors (Lipinski definition) is 2. The quantitative estimate of drug-likeness (QED) is 0.812. The number of para-hydroxylation sites is 1. The van der Waals surface area contributed by atoms with Gasteiger partial charge >= 0.3 is 0 Å². The molecule has 140 valence electrons. The lowest BCUT2D eigenvalue weighted by Gasteiger charge is -2.34. The van der Waals surface area contributed by atoms with Crippen molar-refractivity contribution < 1.29 is 14.7 Å². The average Bonchev–Trinajstić information content (AvgIpc) is 2.62. The Morgan fingerprint density at radius 1 is 1.12 bits per heavy atom. The number of aliphatic hydroxyl groups is 1. The summed E-state index contributed by atoms with van der Waals surface area (Å²) in [5.41, 5.74) is 3.40. The topological polar surface area (TPSA) is 37.1 Å². The number of ether oxygens (including phenoxy) is 1. The van der Waals surface area contributed by atoms with Crippen molar-refractivity contribution >= 4 is 17.3 Å². The van der Waals surface area contributed by atoms with Crippen molar-refractivity contribution in [2.24, 2.45) is 0 Å². The summed E-state index contributed by atoms with van der Waals surface area (Å²) in [5.74, 6) is 0.896. The first-order valence-corrected chi connectivity index (χ1v) is 9.62. The Balaban J connectivity index is 1.45. The summed E-state index contributed by atoms with van der Waals surface area (Å²) in [6.07, 6.45) is -0.457. The van der Waals surface area contributed by atoms with Crippen LogP contribution in [0.25, 0.3) is 0 Å². The zero-order valence-corrected chi connectivity index (χ0v) is 16.3. The third-order valence-electron chi connectivity index (χ3n) is 5.00. The van der Waals surface area contributed by atoms with Crippen molar-refractivity contribution in [1.82, 2.24) is 0 Å². The Morgan fingerprint density at radius 3 is 2.42 bits per heavy atom. The van der Waals surface area contributed by atoms with E-state index in [1.54, 1.807) is 0 Å². The second kappa shape index (κ2) is 8.76. The Morgan fingerprint density at radius 2 is 1.77 bits per heavy atom.